The number of halogens is 3. The molecule has 0 saturated heterocycles. The maximum Gasteiger partial charge on any atom is 0.416 e. The third kappa shape index (κ3) is 3.21. The summed E-state index contributed by atoms with van der Waals surface area (Å²) in [4.78, 5) is 0. The van der Waals surface area contributed by atoms with Crippen LogP contribution in [0.2, 0.25) is 0 Å². The fourth-order valence-electron chi connectivity index (χ4n) is 3.59. The second-order valence-electron chi connectivity index (χ2n) is 6.59. The fraction of sp³-hybridized carbons (Fsp3) is 0.0833. The first-order valence-corrected chi connectivity index (χ1v) is 8.70. The Balaban J connectivity index is 2.03. The molecule has 4 aromatic carbocycles. The molecule has 0 aromatic heterocycles. The largest absolute Gasteiger partial charge is 0.416 e. The molecule has 0 unspecified atom stereocenters. The Bertz CT molecular complexity index is 1110. The molecule has 0 nitrogen and oxygen atoms in total. The van der Waals surface area contributed by atoms with Crippen LogP contribution in [0.3, 0.4) is 0 Å². The molecule has 0 heterocycles. The number of hydrogen-bond acceptors (Lipinski definition) is 0. The Morgan fingerprint density at radius 1 is 0.630 bits per heavy atom. The number of fused-ring (bicyclic) bond motifs is 1. The number of rotatable bonds is 2. The van der Waals surface area contributed by atoms with E-state index in [-0.39, 0.29) is 5.56 Å². The van der Waals surface area contributed by atoms with Crippen molar-refractivity contribution in [2.75, 3.05) is 0 Å². The minimum absolute atomic E-state index is 0.249. The normalized spacial score (nSPS) is 11.7. The Labute approximate surface area is 155 Å². The Kier molecular flexibility index (Phi) is 4.23. The van der Waals surface area contributed by atoms with E-state index in [1.807, 2.05) is 72.8 Å². The van der Waals surface area contributed by atoms with Gasteiger partial charge in [-0.1, -0.05) is 72.8 Å². The lowest BCUT2D eigenvalue weighted by molar-refractivity contribution is -0.138. The average Bonchev–Trinajstić information content (AvgIpc) is 2.67. The zero-order valence-electron chi connectivity index (χ0n) is 14.7. The van der Waals surface area contributed by atoms with Crippen molar-refractivity contribution < 1.29 is 13.2 Å². The molecular formula is C24H17F3. The summed E-state index contributed by atoms with van der Waals surface area (Å²) in [5.74, 6) is 0. The van der Waals surface area contributed by atoms with Crippen molar-refractivity contribution in [2.24, 2.45) is 0 Å². The predicted octanol–water partition coefficient (Wildman–Crippen LogP) is 7.50. The van der Waals surface area contributed by atoms with E-state index in [0.29, 0.717) is 5.56 Å². The molecular weight excluding hydrogens is 345 g/mol. The van der Waals surface area contributed by atoms with Crippen molar-refractivity contribution in [3.8, 4) is 22.3 Å². The van der Waals surface area contributed by atoms with Crippen molar-refractivity contribution in [3.63, 3.8) is 0 Å². The Morgan fingerprint density at radius 3 is 2.00 bits per heavy atom. The molecule has 0 saturated carbocycles. The molecule has 4 rings (SSSR count). The Hall–Kier alpha value is -3.07. The molecule has 0 aliphatic carbocycles. The fourth-order valence-corrected chi connectivity index (χ4v) is 3.59. The lowest BCUT2D eigenvalue weighted by Gasteiger charge is -2.19. The number of hydrogen-bond donors (Lipinski definition) is 0. The van der Waals surface area contributed by atoms with Crippen LogP contribution >= 0.6 is 0 Å². The molecule has 134 valence electrons. The highest BCUT2D eigenvalue weighted by Gasteiger charge is 2.33. The van der Waals surface area contributed by atoms with Gasteiger partial charge in [-0.15, -0.1) is 0 Å². The van der Waals surface area contributed by atoms with E-state index in [1.54, 1.807) is 13.0 Å². The smallest absolute Gasteiger partial charge is 0.166 e. The maximum absolute atomic E-state index is 13.5. The monoisotopic (exact) mass is 362 g/mol. The van der Waals surface area contributed by atoms with E-state index in [1.165, 1.54) is 6.07 Å². The van der Waals surface area contributed by atoms with Crippen LogP contribution in [0.25, 0.3) is 33.0 Å². The molecule has 0 aliphatic rings. The van der Waals surface area contributed by atoms with Gasteiger partial charge >= 0.3 is 6.18 Å². The second kappa shape index (κ2) is 6.58. The third-order valence-corrected chi connectivity index (χ3v) is 4.89. The summed E-state index contributed by atoms with van der Waals surface area (Å²) in [6.45, 7) is 1.56. The highest BCUT2D eigenvalue weighted by molar-refractivity contribution is 5.92. The van der Waals surface area contributed by atoms with Crippen LogP contribution in [0.15, 0.2) is 84.9 Å². The van der Waals surface area contributed by atoms with Gasteiger partial charge in [0.25, 0.3) is 0 Å². The van der Waals surface area contributed by atoms with Gasteiger partial charge in [-0.25, -0.2) is 0 Å². The molecule has 0 aliphatic heterocycles. The molecule has 0 amide bonds. The van der Waals surface area contributed by atoms with Crippen LogP contribution in [-0.2, 0) is 6.18 Å². The molecule has 0 bridgehead atoms. The molecule has 0 fully saturated rings. The molecule has 4 aromatic rings. The first-order chi connectivity index (χ1) is 12.9. The summed E-state index contributed by atoms with van der Waals surface area (Å²) in [7, 11) is 0. The van der Waals surface area contributed by atoms with Gasteiger partial charge in [0, 0.05) is 0 Å². The average molecular weight is 362 g/mol. The third-order valence-electron chi connectivity index (χ3n) is 4.89. The molecule has 3 heteroatoms. The van der Waals surface area contributed by atoms with Gasteiger partial charge in [-0.2, -0.15) is 13.2 Å². The summed E-state index contributed by atoms with van der Waals surface area (Å²) in [6.07, 6.45) is -4.38. The maximum atomic E-state index is 13.5. The first kappa shape index (κ1) is 17.3. The number of alkyl halides is 3. The zero-order valence-corrected chi connectivity index (χ0v) is 14.7. The van der Waals surface area contributed by atoms with Gasteiger partial charge in [-0.3, -0.25) is 0 Å². The van der Waals surface area contributed by atoms with E-state index in [4.69, 9.17) is 0 Å². The molecule has 0 spiro atoms. The summed E-state index contributed by atoms with van der Waals surface area (Å²) < 4.78 is 40.6. The van der Waals surface area contributed by atoms with Crippen LogP contribution in [0.1, 0.15) is 11.1 Å². The molecule has 0 N–H and O–H groups in total. The SMILES string of the molecule is Cc1c(C(F)(F)F)ccc(-c2ccccc2)c1-c1ccc2ccccc2c1. The van der Waals surface area contributed by atoms with Crippen LogP contribution in [0.5, 0.6) is 0 Å². The van der Waals surface area contributed by atoms with Gasteiger partial charge in [0.2, 0.25) is 0 Å². The van der Waals surface area contributed by atoms with Crippen molar-refractivity contribution in [1.29, 1.82) is 0 Å². The van der Waals surface area contributed by atoms with E-state index in [2.05, 4.69) is 0 Å². The quantitative estimate of drug-likeness (QED) is 0.346. The molecule has 0 atom stereocenters. The van der Waals surface area contributed by atoms with Crippen LogP contribution in [-0.4, -0.2) is 0 Å². The van der Waals surface area contributed by atoms with E-state index in [9.17, 15) is 13.2 Å². The van der Waals surface area contributed by atoms with Crippen molar-refractivity contribution >= 4 is 10.8 Å². The van der Waals surface area contributed by atoms with Crippen LogP contribution in [0, 0.1) is 6.92 Å². The van der Waals surface area contributed by atoms with Gasteiger partial charge in [0.05, 0.1) is 5.56 Å². The van der Waals surface area contributed by atoms with E-state index >= 15 is 0 Å². The summed E-state index contributed by atoms with van der Waals surface area (Å²) in [5.41, 5.74) is 2.77. The van der Waals surface area contributed by atoms with E-state index in [0.717, 1.165) is 27.5 Å². The Morgan fingerprint density at radius 2 is 1.30 bits per heavy atom. The zero-order chi connectivity index (χ0) is 19.0. The lowest BCUT2D eigenvalue weighted by atomic mass is 9.87. The topological polar surface area (TPSA) is 0 Å². The van der Waals surface area contributed by atoms with Crippen molar-refractivity contribution in [2.45, 2.75) is 13.1 Å². The lowest BCUT2D eigenvalue weighted by Crippen LogP contribution is -2.09. The summed E-state index contributed by atoms with van der Waals surface area (Å²) >= 11 is 0. The predicted molar refractivity (Wildman–Crippen MR) is 105 cm³/mol. The molecule has 27 heavy (non-hydrogen) atoms. The van der Waals surface area contributed by atoms with Crippen molar-refractivity contribution in [3.05, 3.63) is 96.1 Å². The van der Waals surface area contributed by atoms with Gasteiger partial charge in [0.15, 0.2) is 0 Å². The van der Waals surface area contributed by atoms with Crippen LogP contribution in [0.4, 0.5) is 13.2 Å². The van der Waals surface area contributed by atoms with Crippen LogP contribution < -0.4 is 0 Å². The highest BCUT2D eigenvalue weighted by Crippen LogP contribution is 2.42. The highest BCUT2D eigenvalue weighted by atomic mass is 19.4. The van der Waals surface area contributed by atoms with Gasteiger partial charge in [-0.05, 0) is 57.6 Å². The first-order valence-electron chi connectivity index (χ1n) is 8.70. The van der Waals surface area contributed by atoms with Gasteiger partial charge in [0.1, 0.15) is 0 Å². The molecule has 0 radical (unpaired) electrons. The van der Waals surface area contributed by atoms with E-state index < -0.39 is 11.7 Å². The standard InChI is InChI=1S/C24H17F3/c1-16-22(24(25,26)27)14-13-21(18-8-3-2-4-9-18)23(16)20-12-11-17-7-5-6-10-19(17)15-20/h2-15H,1H3. The minimum Gasteiger partial charge on any atom is -0.166 e. The van der Waals surface area contributed by atoms with Crippen molar-refractivity contribution in [1.82, 2.24) is 0 Å². The second-order valence-corrected chi connectivity index (χ2v) is 6.59. The number of benzene rings is 4. The van der Waals surface area contributed by atoms with Gasteiger partial charge < -0.3 is 0 Å². The summed E-state index contributed by atoms with van der Waals surface area (Å²) in [5, 5.41) is 2.07. The minimum atomic E-state index is -4.38. The summed E-state index contributed by atoms with van der Waals surface area (Å²) in [6, 6.07) is 26.0.